The lowest BCUT2D eigenvalue weighted by Gasteiger charge is -2.19. The van der Waals surface area contributed by atoms with Gasteiger partial charge in [-0.3, -0.25) is 5.01 Å². The van der Waals surface area contributed by atoms with Crippen molar-refractivity contribution in [3.8, 4) is 0 Å². The Morgan fingerprint density at radius 2 is 1.87 bits per heavy atom. The van der Waals surface area contributed by atoms with Gasteiger partial charge in [0.2, 0.25) is 0 Å². The summed E-state index contributed by atoms with van der Waals surface area (Å²) in [5.74, 6) is -1.36. The molecule has 0 heterocycles. The molecule has 0 amide bonds. The lowest BCUT2D eigenvalue weighted by molar-refractivity contribution is 0.415. The van der Waals surface area contributed by atoms with Gasteiger partial charge in [0, 0.05) is 14.1 Å². The summed E-state index contributed by atoms with van der Waals surface area (Å²) in [4.78, 5) is 0. The van der Waals surface area contributed by atoms with E-state index in [1.54, 1.807) is 14.1 Å². The number of halogens is 2. The Morgan fingerprint density at radius 1 is 1.33 bits per heavy atom. The van der Waals surface area contributed by atoms with Gasteiger partial charge in [0.05, 0.1) is 0 Å². The van der Waals surface area contributed by atoms with Crippen molar-refractivity contribution in [2.24, 2.45) is 0 Å². The maximum atomic E-state index is 13.2. The number of hydrogen-bond acceptors (Lipinski definition) is 2. The minimum absolute atomic E-state index is 0.182. The number of hydrogen-bond donors (Lipinski definition) is 2. The van der Waals surface area contributed by atoms with E-state index in [2.05, 4.69) is 10.7 Å². The third-order valence-corrected chi connectivity index (χ3v) is 2.21. The predicted molar refractivity (Wildman–Crippen MR) is 59.4 cm³/mol. The van der Waals surface area contributed by atoms with Crippen LogP contribution in [0, 0.1) is 11.6 Å². The van der Waals surface area contributed by atoms with Crippen LogP contribution in [0.2, 0.25) is 0 Å². The third kappa shape index (κ3) is 2.84. The minimum Gasteiger partial charge on any atom is -0.327 e. The first-order valence-electron chi connectivity index (χ1n) is 4.22. The smallest absolute Gasteiger partial charge is 0.187 e. The molecule has 0 aliphatic rings. The topological polar surface area (TPSA) is 27.3 Å². The Bertz CT molecular complexity index is 350. The van der Waals surface area contributed by atoms with E-state index in [1.807, 2.05) is 0 Å². The summed E-state index contributed by atoms with van der Waals surface area (Å²) in [6.45, 7) is 0. The number of thiocarbonyl (C=S) groups is 1. The van der Waals surface area contributed by atoms with E-state index in [9.17, 15) is 8.78 Å². The average molecular weight is 231 g/mol. The standard InChI is InChI=1S/C9H11F2N3S/c1-12-14(2)9(15)13-8-6(10)4-3-5-7(8)11/h3-5,12H,1-2H3,(H,13,15). The Morgan fingerprint density at radius 3 is 2.33 bits per heavy atom. The van der Waals surface area contributed by atoms with Gasteiger partial charge in [-0.1, -0.05) is 6.07 Å². The summed E-state index contributed by atoms with van der Waals surface area (Å²) < 4.78 is 26.4. The second-order valence-electron chi connectivity index (χ2n) is 2.81. The van der Waals surface area contributed by atoms with Gasteiger partial charge in [-0.05, 0) is 24.4 Å². The lowest BCUT2D eigenvalue weighted by atomic mass is 10.3. The molecule has 0 spiro atoms. The van der Waals surface area contributed by atoms with Gasteiger partial charge in [-0.2, -0.15) is 0 Å². The van der Waals surface area contributed by atoms with Crippen molar-refractivity contribution in [3.05, 3.63) is 29.8 Å². The minimum atomic E-state index is -0.679. The Kier molecular flexibility index (Phi) is 3.93. The second-order valence-corrected chi connectivity index (χ2v) is 3.20. The molecule has 0 bridgehead atoms. The highest BCUT2D eigenvalue weighted by Crippen LogP contribution is 2.17. The van der Waals surface area contributed by atoms with Gasteiger partial charge >= 0.3 is 0 Å². The van der Waals surface area contributed by atoms with Crippen molar-refractivity contribution in [2.45, 2.75) is 0 Å². The molecule has 0 unspecified atom stereocenters. The van der Waals surface area contributed by atoms with E-state index in [4.69, 9.17) is 12.2 Å². The van der Waals surface area contributed by atoms with Crippen LogP contribution < -0.4 is 10.7 Å². The highest BCUT2D eigenvalue weighted by atomic mass is 32.1. The number of nitrogens with one attached hydrogen (secondary N) is 2. The molecule has 15 heavy (non-hydrogen) atoms. The zero-order valence-corrected chi connectivity index (χ0v) is 9.16. The molecule has 0 saturated carbocycles. The summed E-state index contributed by atoms with van der Waals surface area (Å²) in [7, 11) is 3.28. The van der Waals surface area contributed by atoms with Crippen LogP contribution in [0.15, 0.2) is 18.2 Å². The van der Waals surface area contributed by atoms with Crippen molar-refractivity contribution >= 4 is 23.0 Å². The normalized spacial score (nSPS) is 9.87. The van der Waals surface area contributed by atoms with E-state index in [-0.39, 0.29) is 10.8 Å². The van der Waals surface area contributed by atoms with E-state index >= 15 is 0 Å². The fourth-order valence-electron chi connectivity index (χ4n) is 0.910. The average Bonchev–Trinajstić information content (AvgIpc) is 2.22. The predicted octanol–water partition coefficient (Wildman–Crippen LogP) is 1.73. The molecule has 0 aliphatic heterocycles. The molecule has 0 saturated heterocycles. The van der Waals surface area contributed by atoms with Crippen LogP contribution in [-0.2, 0) is 0 Å². The molecular formula is C9H11F2N3S. The fourth-order valence-corrected chi connectivity index (χ4v) is 1.10. The van der Waals surface area contributed by atoms with Crippen LogP contribution in [-0.4, -0.2) is 24.2 Å². The quantitative estimate of drug-likeness (QED) is 0.599. The van der Waals surface area contributed by atoms with Crippen molar-refractivity contribution in [2.75, 3.05) is 19.4 Å². The maximum Gasteiger partial charge on any atom is 0.187 e. The molecule has 6 heteroatoms. The molecular weight excluding hydrogens is 220 g/mol. The summed E-state index contributed by atoms with van der Waals surface area (Å²) in [5.41, 5.74) is 2.46. The van der Waals surface area contributed by atoms with E-state index in [0.717, 1.165) is 12.1 Å². The number of anilines is 1. The lowest BCUT2D eigenvalue weighted by Crippen LogP contribution is -2.39. The SMILES string of the molecule is CNN(C)C(=S)Nc1c(F)cccc1F. The van der Waals surface area contributed by atoms with Gasteiger partial charge in [0.15, 0.2) is 5.11 Å². The molecule has 0 fully saturated rings. The highest BCUT2D eigenvalue weighted by Gasteiger charge is 2.11. The summed E-state index contributed by atoms with van der Waals surface area (Å²) >= 11 is 4.90. The molecule has 1 aromatic carbocycles. The van der Waals surface area contributed by atoms with Gasteiger partial charge in [-0.25, -0.2) is 14.2 Å². The first-order valence-corrected chi connectivity index (χ1v) is 4.63. The molecule has 82 valence electrons. The van der Waals surface area contributed by atoms with Crippen molar-refractivity contribution in [1.29, 1.82) is 0 Å². The molecule has 0 aliphatic carbocycles. The molecule has 0 radical (unpaired) electrons. The number of nitrogens with zero attached hydrogens (tertiary/aromatic N) is 1. The fraction of sp³-hybridized carbons (Fsp3) is 0.222. The van der Waals surface area contributed by atoms with Crippen LogP contribution in [0.3, 0.4) is 0 Å². The molecule has 1 aromatic rings. The van der Waals surface area contributed by atoms with Crippen molar-refractivity contribution < 1.29 is 8.78 Å². The van der Waals surface area contributed by atoms with E-state index in [1.165, 1.54) is 11.1 Å². The first-order chi connectivity index (χ1) is 7.06. The Balaban J connectivity index is 2.85. The van der Waals surface area contributed by atoms with Crippen LogP contribution >= 0.6 is 12.2 Å². The summed E-state index contributed by atoms with van der Waals surface area (Å²) in [5, 5.41) is 4.09. The van der Waals surface area contributed by atoms with E-state index in [0.29, 0.717) is 0 Å². The van der Waals surface area contributed by atoms with E-state index < -0.39 is 11.6 Å². The molecule has 1 rings (SSSR count). The zero-order valence-electron chi connectivity index (χ0n) is 8.34. The molecule has 0 atom stereocenters. The zero-order chi connectivity index (χ0) is 11.4. The Hall–Kier alpha value is -1.27. The number of rotatable bonds is 2. The maximum absolute atomic E-state index is 13.2. The monoisotopic (exact) mass is 231 g/mol. The highest BCUT2D eigenvalue weighted by molar-refractivity contribution is 7.80. The van der Waals surface area contributed by atoms with Crippen LogP contribution in [0.4, 0.5) is 14.5 Å². The summed E-state index contributed by atoms with van der Waals surface area (Å²) in [6, 6.07) is 3.61. The largest absolute Gasteiger partial charge is 0.327 e. The van der Waals surface area contributed by atoms with Crippen LogP contribution in [0.1, 0.15) is 0 Å². The number of benzene rings is 1. The van der Waals surface area contributed by atoms with Gasteiger partial charge in [0.25, 0.3) is 0 Å². The van der Waals surface area contributed by atoms with Crippen molar-refractivity contribution in [1.82, 2.24) is 10.4 Å². The number of hydrazine groups is 1. The first kappa shape index (κ1) is 11.8. The van der Waals surface area contributed by atoms with Gasteiger partial charge in [-0.15, -0.1) is 0 Å². The van der Waals surface area contributed by atoms with Crippen molar-refractivity contribution in [3.63, 3.8) is 0 Å². The van der Waals surface area contributed by atoms with Gasteiger partial charge < -0.3 is 5.32 Å². The third-order valence-electron chi connectivity index (χ3n) is 1.83. The molecule has 0 aromatic heterocycles. The molecule has 2 N–H and O–H groups in total. The van der Waals surface area contributed by atoms with Crippen LogP contribution in [0.5, 0.6) is 0 Å². The van der Waals surface area contributed by atoms with Crippen LogP contribution in [0.25, 0.3) is 0 Å². The van der Waals surface area contributed by atoms with Gasteiger partial charge in [0.1, 0.15) is 17.3 Å². The molecule has 3 nitrogen and oxygen atoms in total. The second kappa shape index (κ2) is 4.99. The Labute approximate surface area is 92.0 Å². The summed E-state index contributed by atoms with van der Waals surface area (Å²) in [6.07, 6.45) is 0. The number of para-hydroxylation sites is 1.